The van der Waals surface area contributed by atoms with Crippen molar-refractivity contribution >= 4 is 5.82 Å². The number of nitrogens with two attached hydrogens (primary N) is 1. The van der Waals surface area contributed by atoms with Gasteiger partial charge < -0.3 is 10.6 Å². The molecule has 1 heterocycles. The van der Waals surface area contributed by atoms with Gasteiger partial charge in [0, 0.05) is 19.3 Å². The third kappa shape index (κ3) is 5.06. The quantitative estimate of drug-likeness (QED) is 0.868. The van der Waals surface area contributed by atoms with Crippen molar-refractivity contribution in [1.29, 1.82) is 0 Å². The van der Waals surface area contributed by atoms with Crippen molar-refractivity contribution in [1.82, 2.24) is 4.98 Å². The van der Waals surface area contributed by atoms with Gasteiger partial charge in [-0.1, -0.05) is 13.8 Å². The largest absolute Gasteiger partial charge is 0.416 e. The van der Waals surface area contributed by atoms with E-state index in [2.05, 4.69) is 4.98 Å². The molecule has 0 aliphatic rings. The Bertz CT molecular complexity index is 391. The van der Waals surface area contributed by atoms with Gasteiger partial charge in [-0.15, -0.1) is 0 Å². The normalized spacial score (nSPS) is 11.9. The van der Waals surface area contributed by atoms with Gasteiger partial charge in [0.15, 0.2) is 0 Å². The Morgan fingerprint density at radius 3 is 2.58 bits per heavy atom. The summed E-state index contributed by atoms with van der Waals surface area (Å²) in [5.41, 5.74) is 4.79. The number of anilines is 1. The number of hydrogen-bond donors (Lipinski definition) is 1. The predicted octanol–water partition coefficient (Wildman–Crippen LogP) is 2.91. The second-order valence-electron chi connectivity index (χ2n) is 4.88. The lowest BCUT2D eigenvalue weighted by Gasteiger charge is -2.26. The standard InChI is InChI=1S/C13H20F3N3/c1-10(2)9-19(7-3-5-17)12-8-11(4-6-18-12)13(14,15)16/h4,6,8,10H,3,5,7,9,17H2,1-2H3. The van der Waals surface area contributed by atoms with Crippen LogP contribution in [0.25, 0.3) is 0 Å². The fourth-order valence-electron chi connectivity index (χ4n) is 1.79. The molecule has 0 saturated carbocycles. The first-order chi connectivity index (χ1) is 8.84. The summed E-state index contributed by atoms with van der Waals surface area (Å²) >= 11 is 0. The van der Waals surface area contributed by atoms with Crippen LogP contribution in [0.5, 0.6) is 0 Å². The maximum atomic E-state index is 12.7. The minimum atomic E-state index is -4.34. The number of nitrogens with zero attached hydrogens (tertiary/aromatic N) is 2. The predicted molar refractivity (Wildman–Crippen MR) is 70.0 cm³/mol. The van der Waals surface area contributed by atoms with Crippen LogP contribution in [0.4, 0.5) is 19.0 Å². The van der Waals surface area contributed by atoms with Crippen molar-refractivity contribution < 1.29 is 13.2 Å². The van der Waals surface area contributed by atoms with Gasteiger partial charge in [-0.3, -0.25) is 0 Å². The molecule has 2 N–H and O–H groups in total. The van der Waals surface area contributed by atoms with E-state index in [1.165, 1.54) is 6.20 Å². The van der Waals surface area contributed by atoms with Crippen molar-refractivity contribution in [3.63, 3.8) is 0 Å². The summed E-state index contributed by atoms with van der Waals surface area (Å²) < 4.78 is 38.0. The molecule has 1 aromatic rings. The van der Waals surface area contributed by atoms with Gasteiger partial charge >= 0.3 is 6.18 Å². The summed E-state index contributed by atoms with van der Waals surface area (Å²) in [4.78, 5) is 5.90. The van der Waals surface area contributed by atoms with Crippen LogP contribution in [0.2, 0.25) is 0 Å². The minimum Gasteiger partial charge on any atom is -0.356 e. The Labute approximate surface area is 111 Å². The molecular weight excluding hydrogens is 255 g/mol. The lowest BCUT2D eigenvalue weighted by Crippen LogP contribution is -2.31. The molecule has 3 nitrogen and oxygen atoms in total. The molecule has 0 spiro atoms. The second-order valence-corrected chi connectivity index (χ2v) is 4.88. The van der Waals surface area contributed by atoms with E-state index in [1.807, 2.05) is 18.7 Å². The first kappa shape index (κ1) is 15.8. The van der Waals surface area contributed by atoms with Gasteiger partial charge in [-0.2, -0.15) is 13.2 Å². The molecule has 0 amide bonds. The van der Waals surface area contributed by atoms with Crippen LogP contribution < -0.4 is 10.6 Å². The monoisotopic (exact) mass is 275 g/mol. The Morgan fingerprint density at radius 1 is 1.37 bits per heavy atom. The topological polar surface area (TPSA) is 42.1 Å². The van der Waals surface area contributed by atoms with E-state index < -0.39 is 11.7 Å². The molecule has 0 saturated heterocycles. The van der Waals surface area contributed by atoms with E-state index in [4.69, 9.17) is 5.73 Å². The lowest BCUT2D eigenvalue weighted by molar-refractivity contribution is -0.137. The van der Waals surface area contributed by atoms with Crippen molar-refractivity contribution in [3.05, 3.63) is 23.9 Å². The smallest absolute Gasteiger partial charge is 0.356 e. The van der Waals surface area contributed by atoms with Crippen molar-refractivity contribution in [2.75, 3.05) is 24.5 Å². The number of aromatic nitrogens is 1. The molecule has 1 aromatic heterocycles. The van der Waals surface area contributed by atoms with Crippen LogP contribution in [0.15, 0.2) is 18.3 Å². The molecule has 0 aliphatic heterocycles. The van der Waals surface area contributed by atoms with Gasteiger partial charge in [0.2, 0.25) is 0 Å². The molecule has 0 unspecified atom stereocenters. The second kappa shape index (κ2) is 6.75. The van der Waals surface area contributed by atoms with E-state index in [0.29, 0.717) is 31.4 Å². The summed E-state index contributed by atoms with van der Waals surface area (Å²) in [6.45, 7) is 5.82. The minimum absolute atomic E-state index is 0.342. The molecular formula is C13H20F3N3. The van der Waals surface area contributed by atoms with Crippen LogP contribution in [0.1, 0.15) is 25.8 Å². The fourth-order valence-corrected chi connectivity index (χ4v) is 1.79. The Hall–Kier alpha value is -1.30. The highest BCUT2D eigenvalue weighted by atomic mass is 19.4. The first-order valence-corrected chi connectivity index (χ1v) is 6.33. The zero-order valence-electron chi connectivity index (χ0n) is 11.2. The molecule has 6 heteroatoms. The highest BCUT2D eigenvalue weighted by molar-refractivity contribution is 5.41. The average Bonchev–Trinajstić information content (AvgIpc) is 2.33. The van der Waals surface area contributed by atoms with Crippen LogP contribution in [0, 0.1) is 5.92 Å². The van der Waals surface area contributed by atoms with Crippen molar-refractivity contribution in [2.24, 2.45) is 11.7 Å². The average molecular weight is 275 g/mol. The third-order valence-corrected chi connectivity index (χ3v) is 2.61. The fraction of sp³-hybridized carbons (Fsp3) is 0.615. The third-order valence-electron chi connectivity index (χ3n) is 2.61. The maximum Gasteiger partial charge on any atom is 0.416 e. The molecule has 0 fully saturated rings. The summed E-state index contributed by atoms with van der Waals surface area (Å²) in [7, 11) is 0. The lowest BCUT2D eigenvalue weighted by atomic mass is 10.2. The Kier molecular flexibility index (Phi) is 5.60. The maximum absolute atomic E-state index is 12.7. The Balaban J connectivity index is 2.94. The SMILES string of the molecule is CC(C)CN(CCCN)c1cc(C(F)(F)F)ccn1. The van der Waals surface area contributed by atoms with Crippen LogP contribution in [-0.4, -0.2) is 24.6 Å². The number of alkyl halides is 3. The van der Waals surface area contributed by atoms with Gasteiger partial charge in [0.05, 0.1) is 5.56 Å². The zero-order valence-corrected chi connectivity index (χ0v) is 11.2. The zero-order chi connectivity index (χ0) is 14.5. The van der Waals surface area contributed by atoms with Crippen LogP contribution >= 0.6 is 0 Å². The number of halogens is 3. The number of hydrogen-bond acceptors (Lipinski definition) is 3. The summed E-state index contributed by atoms with van der Waals surface area (Å²) in [5, 5.41) is 0. The van der Waals surface area contributed by atoms with Gasteiger partial charge in [-0.25, -0.2) is 4.98 Å². The number of pyridine rings is 1. The summed E-state index contributed by atoms with van der Waals surface area (Å²) in [6.07, 6.45) is -2.41. The van der Waals surface area contributed by atoms with E-state index in [0.717, 1.165) is 18.6 Å². The van der Waals surface area contributed by atoms with Crippen LogP contribution in [-0.2, 0) is 6.18 Å². The number of rotatable bonds is 6. The van der Waals surface area contributed by atoms with Crippen molar-refractivity contribution in [3.8, 4) is 0 Å². The molecule has 0 aliphatic carbocycles. The van der Waals surface area contributed by atoms with Gasteiger partial charge in [-0.05, 0) is 31.0 Å². The summed E-state index contributed by atoms with van der Waals surface area (Å²) in [6, 6.07) is 2.08. The molecule has 0 radical (unpaired) electrons. The van der Waals surface area contributed by atoms with Crippen molar-refractivity contribution in [2.45, 2.75) is 26.4 Å². The summed E-state index contributed by atoms with van der Waals surface area (Å²) in [5.74, 6) is 0.700. The van der Waals surface area contributed by atoms with E-state index >= 15 is 0 Å². The van der Waals surface area contributed by atoms with E-state index in [1.54, 1.807) is 0 Å². The van der Waals surface area contributed by atoms with Crippen LogP contribution in [0.3, 0.4) is 0 Å². The van der Waals surface area contributed by atoms with E-state index in [-0.39, 0.29) is 0 Å². The molecule has 19 heavy (non-hydrogen) atoms. The molecule has 0 bridgehead atoms. The Morgan fingerprint density at radius 2 is 2.05 bits per heavy atom. The highest BCUT2D eigenvalue weighted by Crippen LogP contribution is 2.30. The highest BCUT2D eigenvalue weighted by Gasteiger charge is 2.31. The van der Waals surface area contributed by atoms with E-state index in [9.17, 15) is 13.2 Å². The molecule has 0 atom stereocenters. The molecule has 0 aromatic carbocycles. The first-order valence-electron chi connectivity index (χ1n) is 6.33. The molecule has 1 rings (SSSR count). The molecule has 108 valence electrons. The van der Waals surface area contributed by atoms with Gasteiger partial charge in [0.25, 0.3) is 0 Å². The van der Waals surface area contributed by atoms with Gasteiger partial charge in [0.1, 0.15) is 5.82 Å².